The first kappa shape index (κ1) is 24.7. The molecular weight excluding hydrogens is 456 g/mol. The summed E-state index contributed by atoms with van der Waals surface area (Å²) in [5.41, 5.74) is 2.89. The Labute approximate surface area is 210 Å². The minimum absolute atomic E-state index is 0.301. The fourth-order valence-electron chi connectivity index (χ4n) is 3.74. The van der Waals surface area contributed by atoms with E-state index >= 15 is 0 Å². The average molecular weight is 487 g/mol. The van der Waals surface area contributed by atoms with Gasteiger partial charge in [-0.3, -0.25) is 9.36 Å². The van der Waals surface area contributed by atoms with Crippen molar-refractivity contribution in [1.82, 2.24) is 24.4 Å². The maximum Gasteiger partial charge on any atom is 0.247 e. The molecule has 0 saturated carbocycles. The van der Waals surface area contributed by atoms with Crippen LogP contribution in [0, 0.1) is 0 Å². The largest absolute Gasteiger partial charge is 0.494 e. The van der Waals surface area contributed by atoms with Crippen molar-refractivity contribution < 1.29 is 9.53 Å². The topological polar surface area (TPSA) is 100 Å². The van der Waals surface area contributed by atoms with Crippen molar-refractivity contribution in [3.8, 4) is 11.6 Å². The number of carbonyl (C=O) groups is 1. The van der Waals surface area contributed by atoms with E-state index in [2.05, 4.69) is 42.0 Å². The predicted octanol–water partition coefficient (Wildman–Crippen LogP) is 3.69. The number of likely N-dealkylation sites (N-methyl/N-ethyl adjacent to an activating group) is 2. The number of pyridine rings is 1. The van der Waals surface area contributed by atoms with Gasteiger partial charge in [-0.15, -0.1) is 0 Å². The van der Waals surface area contributed by atoms with E-state index in [1.807, 2.05) is 68.3 Å². The van der Waals surface area contributed by atoms with Gasteiger partial charge < -0.3 is 25.2 Å². The van der Waals surface area contributed by atoms with Gasteiger partial charge in [-0.25, -0.2) is 15.0 Å². The number of nitrogens with zero attached hydrogens (tertiary/aromatic N) is 6. The lowest BCUT2D eigenvalue weighted by atomic mass is 10.2. The molecule has 0 bridgehead atoms. The lowest BCUT2D eigenvalue weighted by Crippen LogP contribution is -2.29. The van der Waals surface area contributed by atoms with Crippen LogP contribution >= 0.6 is 0 Å². The number of amides is 1. The fraction of sp³-hybridized carbons (Fsp3) is 0.231. The smallest absolute Gasteiger partial charge is 0.247 e. The van der Waals surface area contributed by atoms with Crippen LogP contribution in [0.5, 0.6) is 5.75 Å². The second-order valence-electron chi connectivity index (χ2n) is 8.48. The summed E-state index contributed by atoms with van der Waals surface area (Å²) in [5, 5.41) is 7.23. The third kappa shape index (κ3) is 5.44. The van der Waals surface area contributed by atoms with Crippen molar-refractivity contribution in [1.29, 1.82) is 0 Å². The minimum Gasteiger partial charge on any atom is -0.494 e. The minimum atomic E-state index is -0.301. The van der Waals surface area contributed by atoms with Gasteiger partial charge in [0.25, 0.3) is 0 Å². The summed E-state index contributed by atoms with van der Waals surface area (Å²) in [6.07, 6.45) is 6.40. The normalized spacial score (nSPS) is 10.9. The molecule has 186 valence electrons. The summed E-state index contributed by atoms with van der Waals surface area (Å²) in [5.74, 6) is 1.53. The van der Waals surface area contributed by atoms with Crippen LogP contribution in [-0.4, -0.2) is 71.7 Å². The number of rotatable bonds is 10. The Morgan fingerprint density at radius 2 is 1.94 bits per heavy atom. The third-order valence-electron chi connectivity index (χ3n) is 5.67. The monoisotopic (exact) mass is 486 g/mol. The molecule has 1 amide bonds. The lowest BCUT2D eigenvalue weighted by molar-refractivity contribution is -0.111. The summed E-state index contributed by atoms with van der Waals surface area (Å²) in [4.78, 5) is 29.6. The molecule has 0 fully saturated rings. The molecule has 0 unspecified atom stereocenters. The third-order valence-corrected chi connectivity index (χ3v) is 5.67. The van der Waals surface area contributed by atoms with Crippen molar-refractivity contribution in [3.05, 3.63) is 67.8 Å². The average Bonchev–Trinajstić information content (AvgIpc) is 3.32. The Bertz CT molecular complexity index is 1380. The number of aromatic nitrogens is 4. The van der Waals surface area contributed by atoms with Gasteiger partial charge in [0.1, 0.15) is 29.4 Å². The molecule has 0 radical (unpaired) electrons. The standard InChI is InChI=1S/C26H30N8O2/c1-6-25(35)31-19-14-20(22(36-5)15-21(19)33(4)13-12-32(2)3)30-23-16-24(29-17-28-23)34-11-9-18-8-7-10-27-26(18)34/h6-11,14-17H,1,12-13H2,2-5H3,(H,31,35)(H,28,29,30). The van der Waals surface area contributed by atoms with Gasteiger partial charge in [0, 0.05) is 50.0 Å². The Morgan fingerprint density at radius 3 is 2.69 bits per heavy atom. The first-order chi connectivity index (χ1) is 17.4. The van der Waals surface area contributed by atoms with E-state index in [-0.39, 0.29) is 5.91 Å². The Kier molecular flexibility index (Phi) is 7.45. The van der Waals surface area contributed by atoms with Crippen molar-refractivity contribution in [2.75, 3.05) is 56.9 Å². The van der Waals surface area contributed by atoms with E-state index in [1.165, 1.54) is 12.4 Å². The maximum absolute atomic E-state index is 12.2. The molecule has 0 atom stereocenters. The van der Waals surface area contributed by atoms with E-state index in [9.17, 15) is 4.79 Å². The molecule has 4 aromatic rings. The summed E-state index contributed by atoms with van der Waals surface area (Å²) < 4.78 is 7.59. The molecule has 0 spiro atoms. The van der Waals surface area contributed by atoms with E-state index < -0.39 is 0 Å². The van der Waals surface area contributed by atoms with Gasteiger partial charge in [-0.05, 0) is 44.4 Å². The second-order valence-corrected chi connectivity index (χ2v) is 8.48. The molecule has 4 rings (SSSR count). The van der Waals surface area contributed by atoms with Gasteiger partial charge in [0.05, 0.1) is 24.2 Å². The van der Waals surface area contributed by atoms with Crippen molar-refractivity contribution in [2.24, 2.45) is 0 Å². The van der Waals surface area contributed by atoms with Gasteiger partial charge in [0.15, 0.2) is 0 Å². The van der Waals surface area contributed by atoms with Crippen LogP contribution < -0.4 is 20.3 Å². The number of ether oxygens (including phenoxy) is 1. The number of hydrogen-bond donors (Lipinski definition) is 2. The molecule has 10 heteroatoms. The van der Waals surface area contributed by atoms with Crippen molar-refractivity contribution >= 4 is 39.8 Å². The first-order valence-electron chi connectivity index (χ1n) is 11.4. The summed E-state index contributed by atoms with van der Waals surface area (Å²) in [7, 11) is 7.62. The van der Waals surface area contributed by atoms with E-state index in [0.717, 1.165) is 29.8 Å². The summed E-state index contributed by atoms with van der Waals surface area (Å²) >= 11 is 0. The molecule has 36 heavy (non-hydrogen) atoms. The fourth-order valence-corrected chi connectivity index (χ4v) is 3.74. The number of benzene rings is 1. The molecule has 3 aromatic heterocycles. The Hall–Kier alpha value is -4.44. The number of nitrogens with one attached hydrogen (secondary N) is 2. The van der Waals surface area contributed by atoms with Gasteiger partial charge in [-0.1, -0.05) is 6.58 Å². The van der Waals surface area contributed by atoms with Crippen molar-refractivity contribution in [2.45, 2.75) is 0 Å². The summed E-state index contributed by atoms with van der Waals surface area (Å²) in [6.45, 7) is 5.18. The number of carbonyl (C=O) groups excluding carboxylic acids is 1. The highest BCUT2D eigenvalue weighted by Gasteiger charge is 2.16. The Morgan fingerprint density at radius 1 is 1.11 bits per heavy atom. The number of methoxy groups -OCH3 is 1. The predicted molar refractivity (Wildman–Crippen MR) is 144 cm³/mol. The van der Waals surface area contributed by atoms with Crippen LogP contribution in [0.15, 0.2) is 67.8 Å². The van der Waals surface area contributed by atoms with Crippen LogP contribution in [0.2, 0.25) is 0 Å². The van der Waals surface area contributed by atoms with Crippen LogP contribution in [0.1, 0.15) is 0 Å². The molecular formula is C26H30N8O2. The zero-order valence-electron chi connectivity index (χ0n) is 20.9. The molecule has 0 aliphatic carbocycles. The number of hydrogen-bond acceptors (Lipinski definition) is 8. The quantitative estimate of drug-likeness (QED) is 0.328. The maximum atomic E-state index is 12.2. The molecule has 0 aliphatic heterocycles. The molecule has 0 aliphatic rings. The van der Waals surface area contributed by atoms with E-state index in [4.69, 9.17) is 4.74 Å². The van der Waals surface area contributed by atoms with Crippen molar-refractivity contribution in [3.63, 3.8) is 0 Å². The molecule has 10 nitrogen and oxygen atoms in total. The van der Waals surface area contributed by atoms with Gasteiger partial charge in [0.2, 0.25) is 5.91 Å². The van der Waals surface area contributed by atoms with Crippen LogP contribution in [-0.2, 0) is 4.79 Å². The zero-order chi connectivity index (χ0) is 25.7. The molecule has 3 heterocycles. The highest BCUT2D eigenvalue weighted by molar-refractivity contribution is 6.02. The highest BCUT2D eigenvalue weighted by Crippen LogP contribution is 2.38. The van der Waals surface area contributed by atoms with Crippen LogP contribution in [0.25, 0.3) is 16.9 Å². The zero-order valence-corrected chi connectivity index (χ0v) is 20.9. The summed E-state index contributed by atoms with van der Waals surface area (Å²) in [6, 6.07) is 11.4. The highest BCUT2D eigenvalue weighted by atomic mass is 16.5. The Balaban J connectivity index is 1.69. The molecule has 0 saturated heterocycles. The van der Waals surface area contributed by atoms with E-state index in [1.54, 1.807) is 13.3 Å². The molecule has 1 aromatic carbocycles. The lowest BCUT2D eigenvalue weighted by Gasteiger charge is -2.26. The first-order valence-corrected chi connectivity index (χ1v) is 11.4. The SMILES string of the molecule is C=CC(=O)Nc1cc(Nc2cc(-n3ccc4cccnc43)ncn2)c(OC)cc1N(C)CCN(C)C. The van der Waals surface area contributed by atoms with Crippen LogP contribution in [0.3, 0.4) is 0 Å². The second kappa shape index (κ2) is 10.9. The van der Waals surface area contributed by atoms with Gasteiger partial charge >= 0.3 is 0 Å². The molecule has 2 N–H and O–H groups in total. The number of fused-ring (bicyclic) bond motifs is 1. The number of anilines is 4. The van der Waals surface area contributed by atoms with E-state index in [0.29, 0.717) is 28.8 Å². The van der Waals surface area contributed by atoms with Crippen LogP contribution in [0.4, 0.5) is 22.9 Å². The van der Waals surface area contributed by atoms with Gasteiger partial charge in [-0.2, -0.15) is 0 Å².